The lowest BCUT2D eigenvalue weighted by Crippen LogP contribution is -2.31. The summed E-state index contributed by atoms with van der Waals surface area (Å²) in [6.45, 7) is 0. The molecular formula is C15H21BrN2O2. The van der Waals surface area contributed by atoms with Crippen molar-refractivity contribution in [1.29, 1.82) is 0 Å². The average molecular weight is 341 g/mol. The van der Waals surface area contributed by atoms with E-state index < -0.39 is 0 Å². The molecular weight excluding hydrogens is 320 g/mol. The Labute approximate surface area is 128 Å². The molecule has 0 saturated heterocycles. The van der Waals surface area contributed by atoms with Gasteiger partial charge in [0.1, 0.15) is 0 Å². The molecule has 0 spiro atoms. The predicted octanol–water partition coefficient (Wildman–Crippen LogP) is 4.65. The van der Waals surface area contributed by atoms with E-state index in [1.165, 1.54) is 38.5 Å². The van der Waals surface area contributed by atoms with Gasteiger partial charge in [-0.25, -0.2) is 0 Å². The van der Waals surface area contributed by atoms with Gasteiger partial charge in [0.25, 0.3) is 5.69 Å². The molecule has 1 aliphatic rings. The maximum atomic E-state index is 11.0. The highest BCUT2D eigenvalue weighted by Crippen LogP contribution is 2.30. The van der Waals surface area contributed by atoms with Crippen LogP contribution in [-0.2, 0) is 5.33 Å². The summed E-state index contributed by atoms with van der Waals surface area (Å²) in [6, 6.07) is 5.99. The quantitative estimate of drug-likeness (QED) is 0.347. The second kappa shape index (κ2) is 7.07. The smallest absolute Gasteiger partial charge is 0.273 e. The van der Waals surface area contributed by atoms with E-state index in [2.05, 4.69) is 27.9 Å². The Morgan fingerprint density at radius 3 is 2.50 bits per heavy atom. The Morgan fingerprint density at radius 1 is 1.30 bits per heavy atom. The van der Waals surface area contributed by atoms with Crippen LogP contribution in [0.2, 0.25) is 0 Å². The molecule has 0 aromatic heterocycles. The molecule has 0 unspecified atom stereocenters. The summed E-state index contributed by atoms with van der Waals surface area (Å²) < 4.78 is 0. The zero-order chi connectivity index (χ0) is 14.5. The molecule has 0 radical (unpaired) electrons. The van der Waals surface area contributed by atoms with E-state index in [-0.39, 0.29) is 10.6 Å². The molecule has 0 amide bonds. The molecule has 1 aromatic rings. The molecule has 1 saturated carbocycles. The summed E-state index contributed by atoms with van der Waals surface area (Å²) in [5.41, 5.74) is 2.02. The van der Waals surface area contributed by atoms with Crippen molar-refractivity contribution in [1.82, 2.24) is 0 Å². The van der Waals surface area contributed by atoms with Crippen molar-refractivity contribution < 1.29 is 4.92 Å². The lowest BCUT2D eigenvalue weighted by molar-refractivity contribution is -0.385. The van der Waals surface area contributed by atoms with E-state index in [0.717, 1.165) is 11.3 Å². The molecule has 20 heavy (non-hydrogen) atoms. The summed E-state index contributed by atoms with van der Waals surface area (Å²) >= 11 is 3.35. The van der Waals surface area contributed by atoms with Crippen LogP contribution >= 0.6 is 15.9 Å². The Hall–Kier alpha value is -1.10. The molecule has 5 heteroatoms. The molecule has 1 aliphatic carbocycles. The fraction of sp³-hybridized carbons (Fsp3) is 0.600. The van der Waals surface area contributed by atoms with Gasteiger partial charge in [0, 0.05) is 35.7 Å². The van der Waals surface area contributed by atoms with Crippen molar-refractivity contribution in [3.63, 3.8) is 0 Å². The van der Waals surface area contributed by atoms with Crippen LogP contribution in [0.4, 0.5) is 11.4 Å². The van der Waals surface area contributed by atoms with Gasteiger partial charge in [-0.2, -0.15) is 0 Å². The zero-order valence-electron chi connectivity index (χ0n) is 11.8. The number of nitro groups is 1. The highest BCUT2D eigenvalue weighted by Gasteiger charge is 2.20. The summed E-state index contributed by atoms with van der Waals surface area (Å²) in [5, 5.41) is 11.5. The van der Waals surface area contributed by atoms with Crippen LogP contribution in [0.15, 0.2) is 18.2 Å². The normalized spacial score (nSPS) is 16.7. The monoisotopic (exact) mass is 340 g/mol. The molecule has 0 bridgehead atoms. The molecule has 0 heterocycles. The highest BCUT2D eigenvalue weighted by molar-refractivity contribution is 9.08. The Kier molecular flexibility index (Phi) is 5.40. The number of benzene rings is 1. The van der Waals surface area contributed by atoms with Crippen LogP contribution in [-0.4, -0.2) is 18.0 Å². The fourth-order valence-corrected chi connectivity index (χ4v) is 3.38. The number of hydrogen-bond acceptors (Lipinski definition) is 3. The maximum absolute atomic E-state index is 11.0. The van der Waals surface area contributed by atoms with E-state index in [9.17, 15) is 10.1 Å². The van der Waals surface area contributed by atoms with Crippen LogP contribution in [0.5, 0.6) is 0 Å². The molecule has 2 rings (SSSR count). The highest BCUT2D eigenvalue weighted by atomic mass is 79.9. The molecule has 1 fully saturated rings. The predicted molar refractivity (Wildman–Crippen MR) is 85.6 cm³/mol. The van der Waals surface area contributed by atoms with Crippen LogP contribution in [0.3, 0.4) is 0 Å². The second-order valence-electron chi connectivity index (χ2n) is 5.46. The van der Waals surface area contributed by atoms with Gasteiger partial charge >= 0.3 is 0 Å². The molecule has 110 valence electrons. The van der Waals surface area contributed by atoms with E-state index >= 15 is 0 Å². The van der Waals surface area contributed by atoms with Crippen LogP contribution in [0.1, 0.15) is 44.1 Å². The Balaban J connectivity index is 2.20. The topological polar surface area (TPSA) is 46.4 Å². The number of anilines is 1. The van der Waals surface area contributed by atoms with Crippen molar-refractivity contribution in [3.05, 3.63) is 33.9 Å². The molecule has 0 aliphatic heterocycles. The average Bonchev–Trinajstić information content (AvgIpc) is 2.74. The minimum atomic E-state index is -0.313. The van der Waals surface area contributed by atoms with Gasteiger partial charge in [-0.15, -0.1) is 0 Å². The first kappa shape index (κ1) is 15.3. The summed E-state index contributed by atoms with van der Waals surface area (Å²) in [5.74, 6) is 0. The van der Waals surface area contributed by atoms with Gasteiger partial charge in [0.15, 0.2) is 0 Å². The van der Waals surface area contributed by atoms with Crippen molar-refractivity contribution in [2.24, 2.45) is 0 Å². The lowest BCUT2D eigenvalue weighted by Gasteiger charge is -2.29. The minimum absolute atomic E-state index is 0.194. The molecule has 4 nitrogen and oxygen atoms in total. The molecule has 1 aromatic carbocycles. The first-order chi connectivity index (χ1) is 9.63. The van der Waals surface area contributed by atoms with Crippen LogP contribution in [0, 0.1) is 10.1 Å². The first-order valence-electron chi connectivity index (χ1n) is 7.19. The SMILES string of the molecule is CN(c1ccc([N+](=O)[O-])c(CBr)c1)C1CCCCCC1. The Bertz CT molecular complexity index is 471. The lowest BCUT2D eigenvalue weighted by atomic mass is 10.1. The third-order valence-corrected chi connectivity index (χ3v) is 4.79. The van der Waals surface area contributed by atoms with Gasteiger partial charge in [-0.3, -0.25) is 10.1 Å². The van der Waals surface area contributed by atoms with Gasteiger partial charge in [0.2, 0.25) is 0 Å². The van der Waals surface area contributed by atoms with Crippen molar-refractivity contribution in [2.45, 2.75) is 49.9 Å². The fourth-order valence-electron chi connectivity index (χ4n) is 2.93. The maximum Gasteiger partial charge on any atom is 0.273 e. The number of nitro benzene ring substituents is 1. The molecule has 0 atom stereocenters. The van der Waals surface area contributed by atoms with Gasteiger partial charge in [-0.05, 0) is 25.0 Å². The summed E-state index contributed by atoms with van der Waals surface area (Å²) in [6.07, 6.45) is 7.67. The summed E-state index contributed by atoms with van der Waals surface area (Å²) in [4.78, 5) is 13.0. The largest absolute Gasteiger partial charge is 0.372 e. The van der Waals surface area contributed by atoms with Crippen LogP contribution < -0.4 is 4.90 Å². The second-order valence-corrected chi connectivity index (χ2v) is 6.02. The number of rotatable bonds is 4. The number of nitrogens with zero attached hydrogens (tertiary/aromatic N) is 2. The number of hydrogen-bond donors (Lipinski definition) is 0. The van der Waals surface area contributed by atoms with Crippen LogP contribution in [0.25, 0.3) is 0 Å². The van der Waals surface area contributed by atoms with E-state index in [1.54, 1.807) is 6.07 Å². The van der Waals surface area contributed by atoms with E-state index in [4.69, 9.17) is 0 Å². The van der Waals surface area contributed by atoms with Crippen molar-refractivity contribution in [2.75, 3.05) is 11.9 Å². The number of alkyl halides is 1. The van der Waals surface area contributed by atoms with Gasteiger partial charge in [-0.1, -0.05) is 41.6 Å². The van der Waals surface area contributed by atoms with Crippen molar-refractivity contribution >= 4 is 27.3 Å². The first-order valence-corrected chi connectivity index (χ1v) is 8.31. The third kappa shape index (κ3) is 3.51. The van der Waals surface area contributed by atoms with Crippen molar-refractivity contribution in [3.8, 4) is 0 Å². The summed E-state index contributed by atoms with van der Waals surface area (Å²) in [7, 11) is 2.11. The Morgan fingerprint density at radius 2 is 1.95 bits per heavy atom. The number of halogens is 1. The zero-order valence-corrected chi connectivity index (χ0v) is 13.4. The minimum Gasteiger partial charge on any atom is -0.372 e. The third-order valence-electron chi connectivity index (χ3n) is 4.18. The standard InChI is InChI=1S/C15H21BrN2O2/c1-17(13-6-4-2-3-5-7-13)14-8-9-15(18(19)20)12(10-14)11-16/h8-10,13H,2-7,11H2,1H3. The van der Waals surface area contributed by atoms with E-state index in [1.807, 2.05) is 12.1 Å². The van der Waals surface area contributed by atoms with Gasteiger partial charge < -0.3 is 4.90 Å². The van der Waals surface area contributed by atoms with E-state index in [0.29, 0.717) is 11.4 Å². The van der Waals surface area contributed by atoms with Gasteiger partial charge in [0.05, 0.1) is 4.92 Å². The molecule has 0 N–H and O–H groups in total.